The van der Waals surface area contributed by atoms with E-state index in [1.54, 1.807) is 0 Å². The molecule has 1 fully saturated rings. The Morgan fingerprint density at radius 2 is 1.95 bits per heavy atom. The van der Waals surface area contributed by atoms with E-state index in [2.05, 4.69) is 5.10 Å². The highest BCUT2D eigenvalue weighted by molar-refractivity contribution is 5.85. The van der Waals surface area contributed by atoms with Crippen LogP contribution in [0.1, 0.15) is 5.69 Å². The molecule has 1 aromatic rings. The number of nitro groups is 1. The van der Waals surface area contributed by atoms with Crippen molar-refractivity contribution in [3.8, 4) is 0 Å². The Balaban J connectivity index is 2.56. The second-order valence-corrected chi connectivity index (χ2v) is 4.33. The average Bonchev–Trinajstić information content (AvgIpc) is 2.79. The first kappa shape index (κ1) is 14.1. The summed E-state index contributed by atoms with van der Waals surface area (Å²) >= 11 is 0. The van der Waals surface area contributed by atoms with Crippen molar-refractivity contribution in [3.05, 3.63) is 15.8 Å². The summed E-state index contributed by atoms with van der Waals surface area (Å²) in [5, 5.41) is 14.1. The maximum atomic E-state index is 12.8. The molecule has 1 aliphatic heterocycles. The highest BCUT2D eigenvalue weighted by atomic mass is 19.4. The van der Waals surface area contributed by atoms with Gasteiger partial charge in [0, 0.05) is 14.1 Å². The quantitative estimate of drug-likeness (QED) is 0.588. The van der Waals surface area contributed by atoms with E-state index in [9.17, 15) is 28.1 Å². The number of anilines is 1. The fourth-order valence-corrected chi connectivity index (χ4v) is 2.03. The molecule has 0 spiro atoms. The number of carbonyl (C=O) groups excluding carboxylic acids is 1. The highest BCUT2D eigenvalue weighted by Gasteiger charge is 2.47. The van der Waals surface area contributed by atoms with Crippen LogP contribution in [0.15, 0.2) is 0 Å². The summed E-state index contributed by atoms with van der Waals surface area (Å²) in [4.78, 5) is 23.7. The van der Waals surface area contributed by atoms with Crippen molar-refractivity contribution in [1.29, 1.82) is 0 Å². The number of likely N-dealkylation sites (N-methyl/N-ethyl adjacent to an activating group) is 1. The van der Waals surface area contributed by atoms with E-state index in [-0.39, 0.29) is 24.9 Å². The van der Waals surface area contributed by atoms with Crippen molar-refractivity contribution < 1.29 is 22.9 Å². The van der Waals surface area contributed by atoms with Crippen molar-refractivity contribution >= 4 is 17.4 Å². The molecule has 0 radical (unpaired) electrons. The zero-order valence-corrected chi connectivity index (χ0v) is 10.5. The van der Waals surface area contributed by atoms with Crippen LogP contribution < -0.4 is 4.90 Å². The standard InChI is InChI=1S/C9H10F3N5O3/c1-14-4-16(3-5(14)18)8-6(17(19)20)7(9(10,11)12)13-15(8)2/h3-4H2,1-2H3. The van der Waals surface area contributed by atoms with Gasteiger partial charge in [-0.3, -0.25) is 14.9 Å². The second-order valence-electron chi connectivity index (χ2n) is 4.33. The lowest BCUT2D eigenvalue weighted by atomic mass is 10.3. The van der Waals surface area contributed by atoms with Crippen molar-refractivity contribution in [2.45, 2.75) is 6.18 Å². The molecule has 8 nitrogen and oxygen atoms in total. The van der Waals surface area contributed by atoms with Crippen LogP contribution in [0.2, 0.25) is 0 Å². The lowest BCUT2D eigenvalue weighted by Gasteiger charge is -2.15. The number of aryl methyl sites for hydroxylation is 1. The average molecular weight is 293 g/mol. The third-order valence-electron chi connectivity index (χ3n) is 2.88. The molecule has 0 saturated carbocycles. The van der Waals surface area contributed by atoms with Crippen LogP contribution in [-0.2, 0) is 18.0 Å². The molecule has 0 aromatic carbocycles. The molecule has 20 heavy (non-hydrogen) atoms. The molecule has 0 atom stereocenters. The first-order valence-corrected chi connectivity index (χ1v) is 5.40. The van der Waals surface area contributed by atoms with E-state index >= 15 is 0 Å². The van der Waals surface area contributed by atoms with Crippen molar-refractivity contribution in [1.82, 2.24) is 14.7 Å². The van der Waals surface area contributed by atoms with Crippen LogP contribution in [0.5, 0.6) is 0 Å². The Hall–Kier alpha value is -2.33. The van der Waals surface area contributed by atoms with Crippen LogP contribution in [0.3, 0.4) is 0 Å². The number of hydrogen-bond donors (Lipinski definition) is 0. The monoisotopic (exact) mass is 293 g/mol. The Bertz CT molecular complexity index is 582. The van der Waals surface area contributed by atoms with Crippen molar-refractivity contribution in [2.75, 3.05) is 25.2 Å². The number of alkyl halides is 3. The maximum absolute atomic E-state index is 12.8. The van der Waals surface area contributed by atoms with Crippen LogP contribution in [0.4, 0.5) is 24.7 Å². The number of amides is 1. The Kier molecular flexibility index (Phi) is 3.07. The molecule has 0 aliphatic carbocycles. The molecule has 1 saturated heterocycles. The summed E-state index contributed by atoms with van der Waals surface area (Å²) in [5.74, 6) is -0.672. The van der Waals surface area contributed by atoms with Crippen molar-refractivity contribution in [2.24, 2.45) is 7.05 Å². The zero-order valence-electron chi connectivity index (χ0n) is 10.5. The summed E-state index contributed by atoms with van der Waals surface area (Å²) < 4.78 is 39.1. The number of nitrogens with zero attached hydrogens (tertiary/aromatic N) is 5. The van der Waals surface area contributed by atoms with Crippen LogP contribution in [0.25, 0.3) is 0 Å². The number of carbonyl (C=O) groups is 1. The van der Waals surface area contributed by atoms with Crippen molar-refractivity contribution in [3.63, 3.8) is 0 Å². The van der Waals surface area contributed by atoms with Crippen LogP contribution >= 0.6 is 0 Å². The van der Waals surface area contributed by atoms with Gasteiger partial charge in [-0.25, -0.2) is 4.68 Å². The molecular weight excluding hydrogens is 283 g/mol. The number of rotatable bonds is 2. The minimum Gasteiger partial charge on any atom is -0.326 e. The van der Waals surface area contributed by atoms with Gasteiger partial charge in [0.05, 0.1) is 11.6 Å². The zero-order chi connectivity index (χ0) is 15.2. The van der Waals surface area contributed by atoms with Crippen LogP contribution in [-0.4, -0.2) is 45.8 Å². The minimum atomic E-state index is -4.94. The van der Waals surface area contributed by atoms with Gasteiger partial charge in [-0.05, 0) is 0 Å². The maximum Gasteiger partial charge on any atom is 0.442 e. The number of hydrogen-bond acceptors (Lipinski definition) is 5. The van der Waals surface area contributed by atoms with Gasteiger partial charge in [0.1, 0.15) is 6.54 Å². The largest absolute Gasteiger partial charge is 0.442 e. The Labute approximate surface area is 110 Å². The first-order valence-electron chi connectivity index (χ1n) is 5.40. The van der Waals surface area contributed by atoms with Gasteiger partial charge in [0.25, 0.3) is 0 Å². The highest BCUT2D eigenvalue weighted by Crippen LogP contribution is 2.41. The molecule has 2 heterocycles. The molecule has 1 aromatic heterocycles. The van der Waals surface area contributed by atoms with Gasteiger partial charge in [0.15, 0.2) is 0 Å². The molecule has 2 rings (SSSR count). The fraction of sp³-hybridized carbons (Fsp3) is 0.556. The van der Waals surface area contributed by atoms with Gasteiger partial charge in [-0.15, -0.1) is 0 Å². The van der Waals surface area contributed by atoms with Gasteiger partial charge in [0.2, 0.25) is 17.4 Å². The number of halogens is 3. The normalized spacial score (nSPS) is 16.1. The number of aromatic nitrogens is 2. The summed E-state index contributed by atoms with van der Waals surface area (Å²) in [6, 6.07) is 0. The molecule has 0 N–H and O–H groups in total. The van der Waals surface area contributed by atoms with E-state index in [1.807, 2.05) is 0 Å². The molecule has 11 heteroatoms. The van der Waals surface area contributed by atoms with E-state index in [0.29, 0.717) is 0 Å². The van der Waals surface area contributed by atoms with E-state index in [1.165, 1.54) is 23.9 Å². The third kappa shape index (κ3) is 2.14. The Morgan fingerprint density at radius 3 is 2.35 bits per heavy atom. The molecular formula is C9H10F3N5O3. The van der Waals surface area contributed by atoms with Gasteiger partial charge < -0.3 is 9.80 Å². The summed E-state index contributed by atoms with van der Waals surface area (Å²) in [6.07, 6.45) is -4.94. The summed E-state index contributed by atoms with van der Waals surface area (Å²) in [7, 11) is 2.62. The lowest BCUT2D eigenvalue weighted by Crippen LogP contribution is -2.25. The predicted octanol–water partition coefficient (Wildman–Crippen LogP) is 0.583. The Morgan fingerprint density at radius 1 is 1.35 bits per heavy atom. The van der Waals surface area contributed by atoms with Crippen LogP contribution in [0, 0.1) is 10.1 Å². The first-order chi connectivity index (χ1) is 9.12. The molecule has 1 aliphatic rings. The molecule has 1 amide bonds. The lowest BCUT2D eigenvalue weighted by molar-refractivity contribution is -0.387. The molecule has 0 unspecified atom stereocenters. The molecule has 110 valence electrons. The van der Waals surface area contributed by atoms with E-state index in [4.69, 9.17) is 0 Å². The summed E-state index contributed by atoms with van der Waals surface area (Å²) in [5.41, 5.74) is -2.70. The fourth-order valence-electron chi connectivity index (χ4n) is 2.03. The topological polar surface area (TPSA) is 84.5 Å². The van der Waals surface area contributed by atoms with Gasteiger partial charge in [-0.2, -0.15) is 18.3 Å². The molecule has 0 bridgehead atoms. The third-order valence-corrected chi connectivity index (χ3v) is 2.88. The predicted molar refractivity (Wildman–Crippen MR) is 59.8 cm³/mol. The summed E-state index contributed by atoms with van der Waals surface area (Å²) in [6.45, 7) is -0.259. The second kappa shape index (κ2) is 4.35. The van der Waals surface area contributed by atoms with E-state index < -0.39 is 22.5 Å². The van der Waals surface area contributed by atoms with E-state index in [0.717, 1.165) is 4.68 Å². The SMILES string of the molecule is CN1CN(c2c([N+](=O)[O-])c(C(F)(F)F)nn2C)CC1=O. The van der Waals surface area contributed by atoms with Gasteiger partial charge >= 0.3 is 11.9 Å². The van der Waals surface area contributed by atoms with Gasteiger partial charge in [-0.1, -0.05) is 0 Å². The minimum absolute atomic E-state index is 0.0312. The smallest absolute Gasteiger partial charge is 0.326 e.